The first-order valence-electron chi connectivity index (χ1n) is 8.26. The molecular formula is C16H24N2O5S. The van der Waals surface area contributed by atoms with Gasteiger partial charge >= 0.3 is 0 Å². The predicted octanol–water partition coefficient (Wildman–Crippen LogP) is 2.92. The Morgan fingerprint density at radius 2 is 2.00 bits per heavy atom. The fourth-order valence-corrected chi connectivity index (χ4v) is 4.17. The van der Waals surface area contributed by atoms with Crippen LogP contribution in [-0.2, 0) is 14.8 Å². The summed E-state index contributed by atoms with van der Waals surface area (Å²) in [6.45, 7) is 2.38. The van der Waals surface area contributed by atoms with Crippen LogP contribution in [0.15, 0.2) is 23.1 Å². The molecule has 2 rings (SSSR count). The van der Waals surface area contributed by atoms with E-state index in [1.54, 1.807) is 6.92 Å². The van der Waals surface area contributed by atoms with Gasteiger partial charge in [-0.1, -0.05) is 25.3 Å². The average molecular weight is 356 g/mol. The van der Waals surface area contributed by atoms with E-state index in [9.17, 15) is 18.5 Å². The van der Waals surface area contributed by atoms with Gasteiger partial charge in [0.1, 0.15) is 0 Å². The van der Waals surface area contributed by atoms with E-state index in [0.29, 0.717) is 24.7 Å². The molecule has 0 aromatic heterocycles. The van der Waals surface area contributed by atoms with E-state index in [1.165, 1.54) is 31.4 Å². The molecule has 1 aliphatic rings. The second-order valence-corrected chi connectivity index (χ2v) is 7.82. The Kier molecular flexibility index (Phi) is 6.70. The molecule has 1 N–H and O–H groups in total. The van der Waals surface area contributed by atoms with E-state index < -0.39 is 14.9 Å². The lowest BCUT2D eigenvalue weighted by Gasteiger charge is -2.21. The van der Waals surface area contributed by atoms with Gasteiger partial charge in [0.05, 0.1) is 15.9 Å². The molecule has 0 radical (unpaired) electrons. The molecule has 0 unspecified atom stereocenters. The molecule has 0 aliphatic heterocycles. The van der Waals surface area contributed by atoms with E-state index in [2.05, 4.69) is 4.72 Å². The zero-order valence-electron chi connectivity index (χ0n) is 13.9. The molecule has 1 aromatic rings. The second kappa shape index (κ2) is 8.55. The highest BCUT2D eigenvalue weighted by Crippen LogP contribution is 2.22. The second-order valence-electron chi connectivity index (χ2n) is 6.09. The molecule has 8 heteroatoms. The van der Waals surface area contributed by atoms with Gasteiger partial charge in [-0.25, -0.2) is 13.1 Å². The lowest BCUT2D eigenvalue weighted by atomic mass is 9.98. The zero-order chi connectivity index (χ0) is 17.6. The van der Waals surface area contributed by atoms with Crippen molar-refractivity contribution in [2.24, 2.45) is 0 Å². The highest BCUT2D eigenvalue weighted by molar-refractivity contribution is 7.89. The Labute approximate surface area is 142 Å². The fraction of sp³-hybridized carbons (Fsp3) is 0.625. The normalized spacial score (nSPS) is 16.2. The SMILES string of the molecule is Cc1ccc([N+](=O)[O-])cc1S(=O)(=O)NCCCOC1CCCCC1. The van der Waals surface area contributed by atoms with Crippen LogP contribution in [-0.4, -0.2) is 32.6 Å². The van der Waals surface area contributed by atoms with Crippen LogP contribution in [0.4, 0.5) is 5.69 Å². The minimum absolute atomic E-state index is 0.0510. The van der Waals surface area contributed by atoms with Gasteiger partial charge in [-0.05, 0) is 31.7 Å². The van der Waals surface area contributed by atoms with Crippen molar-refractivity contribution in [3.8, 4) is 0 Å². The van der Waals surface area contributed by atoms with Gasteiger partial charge in [-0.3, -0.25) is 10.1 Å². The van der Waals surface area contributed by atoms with Gasteiger partial charge in [0.25, 0.3) is 5.69 Å². The van der Waals surface area contributed by atoms with E-state index in [0.717, 1.165) is 18.9 Å². The van der Waals surface area contributed by atoms with Crippen molar-refractivity contribution in [3.63, 3.8) is 0 Å². The van der Waals surface area contributed by atoms with Crippen LogP contribution in [0.25, 0.3) is 0 Å². The molecule has 0 amide bonds. The number of nitrogens with one attached hydrogen (secondary N) is 1. The summed E-state index contributed by atoms with van der Waals surface area (Å²) in [5.74, 6) is 0. The highest BCUT2D eigenvalue weighted by atomic mass is 32.2. The van der Waals surface area contributed by atoms with Gasteiger partial charge in [0.2, 0.25) is 10.0 Å². The smallest absolute Gasteiger partial charge is 0.270 e. The summed E-state index contributed by atoms with van der Waals surface area (Å²) in [4.78, 5) is 10.2. The monoisotopic (exact) mass is 356 g/mol. The number of rotatable bonds is 8. The first-order valence-corrected chi connectivity index (χ1v) is 9.75. The number of benzene rings is 1. The third kappa shape index (κ3) is 5.25. The summed E-state index contributed by atoms with van der Waals surface area (Å²) in [5.41, 5.74) is 0.244. The molecule has 0 heterocycles. The molecule has 0 atom stereocenters. The van der Waals surface area contributed by atoms with Crippen molar-refractivity contribution in [3.05, 3.63) is 33.9 Å². The lowest BCUT2D eigenvalue weighted by molar-refractivity contribution is -0.385. The molecule has 24 heavy (non-hydrogen) atoms. The Balaban J connectivity index is 1.85. The number of hydrogen-bond donors (Lipinski definition) is 1. The van der Waals surface area contributed by atoms with Crippen molar-refractivity contribution in [2.75, 3.05) is 13.2 Å². The van der Waals surface area contributed by atoms with Gasteiger partial charge in [0, 0.05) is 25.3 Å². The average Bonchev–Trinajstić information content (AvgIpc) is 2.55. The third-order valence-corrected chi connectivity index (χ3v) is 5.79. The lowest BCUT2D eigenvalue weighted by Crippen LogP contribution is -2.27. The van der Waals surface area contributed by atoms with Gasteiger partial charge in [-0.2, -0.15) is 0 Å². The van der Waals surface area contributed by atoms with Crippen molar-refractivity contribution in [2.45, 2.75) is 56.4 Å². The van der Waals surface area contributed by atoms with Crippen LogP contribution in [0.1, 0.15) is 44.1 Å². The maximum atomic E-state index is 12.3. The first kappa shape index (κ1) is 18.8. The summed E-state index contributed by atoms with van der Waals surface area (Å²) in [5, 5.41) is 10.8. The summed E-state index contributed by atoms with van der Waals surface area (Å²) < 4.78 is 32.9. The van der Waals surface area contributed by atoms with Crippen LogP contribution >= 0.6 is 0 Å². The molecule has 1 fully saturated rings. The predicted molar refractivity (Wildman–Crippen MR) is 90.5 cm³/mol. The quantitative estimate of drug-likeness (QED) is 0.439. The minimum atomic E-state index is -3.76. The number of ether oxygens (including phenoxy) is 1. The molecule has 1 saturated carbocycles. The van der Waals surface area contributed by atoms with Crippen LogP contribution in [0, 0.1) is 17.0 Å². The van der Waals surface area contributed by atoms with Crippen LogP contribution in [0.5, 0.6) is 0 Å². The highest BCUT2D eigenvalue weighted by Gasteiger charge is 2.20. The number of nitro benzene ring substituents is 1. The standard InChI is InChI=1S/C16H24N2O5S/c1-13-8-9-14(18(19)20)12-16(13)24(21,22)17-10-5-11-23-15-6-3-2-4-7-15/h8-9,12,15,17H,2-7,10-11H2,1H3. The van der Waals surface area contributed by atoms with Crippen LogP contribution in [0.3, 0.4) is 0 Å². The Bertz CT molecular complexity index is 669. The molecule has 0 bridgehead atoms. The zero-order valence-corrected chi connectivity index (χ0v) is 14.7. The van der Waals surface area contributed by atoms with Crippen molar-refractivity contribution in [1.29, 1.82) is 0 Å². The molecule has 0 saturated heterocycles. The van der Waals surface area contributed by atoms with Crippen molar-refractivity contribution < 1.29 is 18.1 Å². The Morgan fingerprint density at radius 3 is 2.67 bits per heavy atom. The summed E-state index contributed by atoms with van der Waals surface area (Å²) in [6, 6.07) is 3.83. The minimum Gasteiger partial charge on any atom is -0.378 e. The van der Waals surface area contributed by atoms with Crippen LogP contribution < -0.4 is 4.72 Å². The third-order valence-electron chi connectivity index (χ3n) is 4.19. The maximum absolute atomic E-state index is 12.3. The number of non-ortho nitro benzene ring substituents is 1. The topological polar surface area (TPSA) is 98.5 Å². The maximum Gasteiger partial charge on any atom is 0.270 e. The van der Waals surface area contributed by atoms with E-state index >= 15 is 0 Å². The summed E-state index contributed by atoms with van der Waals surface area (Å²) in [6.07, 6.45) is 6.70. The molecule has 7 nitrogen and oxygen atoms in total. The molecule has 1 aliphatic carbocycles. The summed E-state index contributed by atoms with van der Waals surface area (Å²) in [7, 11) is -3.76. The van der Waals surface area contributed by atoms with E-state index in [-0.39, 0.29) is 17.1 Å². The molecule has 0 spiro atoms. The molecular weight excluding hydrogens is 332 g/mol. The van der Waals surface area contributed by atoms with E-state index in [1.807, 2.05) is 0 Å². The fourth-order valence-electron chi connectivity index (χ4n) is 2.83. The molecule has 1 aromatic carbocycles. The number of sulfonamides is 1. The van der Waals surface area contributed by atoms with Crippen molar-refractivity contribution >= 4 is 15.7 Å². The first-order chi connectivity index (χ1) is 11.4. The van der Waals surface area contributed by atoms with Gasteiger partial charge in [-0.15, -0.1) is 0 Å². The number of nitro groups is 1. The van der Waals surface area contributed by atoms with Gasteiger partial charge < -0.3 is 4.74 Å². The summed E-state index contributed by atoms with van der Waals surface area (Å²) >= 11 is 0. The number of hydrogen-bond acceptors (Lipinski definition) is 5. The molecule has 134 valence electrons. The Morgan fingerprint density at radius 1 is 1.29 bits per heavy atom. The van der Waals surface area contributed by atoms with Crippen molar-refractivity contribution in [1.82, 2.24) is 4.72 Å². The largest absolute Gasteiger partial charge is 0.378 e. The van der Waals surface area contributed by atoms with Crippen LogP contribution in [0.2, 0.25) is 0 Å². The number of aryl methyl sites for hydroxylation is 1. The number of nitrogens with zero attached hydrogens (tertiary/aromatic N) is 1. The van der Waals surface area contributed by atoms with Gasteiger partial charge in [0.15, 0.2) is 0 Å². The Hall–Kier alpha value is -1.51. The van der Waals surface area contributed by atoms with E-state index in [4.69, 9.17) is 4.74 Å².